The maximum absolute atomic E-state index is 11.2. The Kier molecular flexibility index (Phi) is 5.67. The van der Waals surface area contributed by atoms with Gasteiger partial charge in [-0.3, -0.25) is 4.79 Å². The molecule has 1 rings (SSSR count). The van der Waals surface area contributed by atoms with Crippen molar-refractivity contribution in [1.29, 1.82) is 0 Å². The van der Waals surface area contributed by atoms with Crippen LogP contribution in [0.3, 0.4) is 0 Å². The molecule has 1 atom stereocenters. The first-order chi connectivity index (χ1) is 8.99. The minimum absolute atomic E-state index is 0.0883. The molecule has 0 aliphatic rings. The number of aryl methyl sites for hydroxylation is 1. The summed E-state index contributed by atoms with van der Waals surface area (Å²) in [6, 6.07) is 5.94. The van der Waals surface area contributed by atoms with Gasteiger partial charge in [0, 0.05) is 6.54 Å². The highest BCUT2D eigenvalue weighted by Gasteiger charge is 2.21. The van der Waals surface area contributed by atoms with E-state index in [9.17, 15) is 9.90 Å². The van der Waals surface area contributed by atoms with Crippen molar-refractivity contribution in [3.05, 3.63) is 23.8 Å². The van der Waals surface area contributed by atoms with Gasteiger partial charge in [0.15, 0.2) is 0 Å². The molecule has 0 radical (unpaired) electrons. The topological polar surface area (TPSA) is 58.6 Å². The average molecular weight is 265 g/mol. The van der Waals surface area contributed by atoms with Crippen LogP contribution >= 0.6 is 0 Å². The number of rotatable bonds is 7. The zero-order valence-electron chi connectivity index (χ0n) is 12.1. The molecule has 0 aliphatic heterocycles. The number of carboxylic acid groups (broad SMARTS) is 1. The van der Waals surface area contributed by atoms with Gasteiger partial charge in [-0.2, -0.15) is 0 Å². The van der Waals surface area contributed by atoms with Gasteiger partial charge in [0.2, 0.25) is 0 Å². The molecule has 4 nitrogen and oxygen atoms in total. The minimum atomic E-state index is -0.770. The zero-order chi connectivity index (χ0) is 14.4. The summed E-state index contributed by atoms with van der Waals surface area (Å²) >= 11 is 0. The number of nitrogens with one attached hydrogen (secondary N) is 1. The van der Waals surface area contributed by atoms with E-state index < -0.39 is 11.9 Å². The van der Waals surface area contributed by atoms with Crippen LogP contribution in [0.5, 0.6) is 5.75 Å². The third-order valence-corrected chi connectivity index (χ3v) is 3.31. The molecule has 19 heavy (non-hydrogen) atoms. The van der Waals surface area contributed by atoms with E-state index in [0.717, 1.165) is 17.9 Å². The molecule has 0 aliphatic carbocycles. The number of hydrogen-bond acceptors (Lipinski definition) is 3. The van der Waals surface area contributed by atoms with Gasteiger partial charge in [-0.25, -0.2) is 0 Å². The first-order valence-corrected chi connectivity index (χ1v) is 6.63. The van der Waals surface area contributed by atoms with Crippen LogP contribution in [-0.2, 0) is 11.2 Å². The third kappa shape index (κ3) is 4.16. The number of anilines is 1. The largest absolute Gasteiger partial charge is 0.495 e. The predicted octanol–water partition coefficient (Wildman–Crippen LogP) is 3.03. The number of ether oxygens (including phenoxy) is 1. The maximum atomic E-state index is 11.2. The van der Waals surface area contributed by atoms with Gasteiger partial charge >= 0.3 is 5.97 Å². The Morgan fingerprint density at radius 3 is 2.58 bits per heavy atom. The van der Waals surface area contributed by atoms with Gasteiger partial charge in [0.05, 0.1) is 18.7 Å². The van der Waals surface area contributed by atoms with Crippen LogP contribution < -0.4 is 10.1 Å². The molecule has 0 aromatic heterocycles. The number of aliphatic carboxylic acids is 1. The van der Waals surface area contributed by atoms with Gasteiger partial charge in [0.1, 0.15) is 5.75 Å². The van der Waals surface area contributed by atoms with Crippen LogP contribution in [0.4, 0.5) is 5.69 Å². The van der Waals surface area contributed by atoms with E-state index in [4.69, 9.17) is 4.74 Å². The molecular weight excluding hydrogens is 242 g/mol. The molecule has 2 N–H and O–H groups in total. The first kappa shape index (κ1) is 15.3. The van der Waals surface area contributed by atoms with Gasteiger partial charge in [-0.05, 0) is 30.0 Å². The lowest BCUT2D eigenvalue weighted by Gasteiger charge is -2.19. The number of benzene rings is 1. The summed E-state index contributed by atoms with van der Waals surface area (Å²) in [6.07, 6.45) is 0.936. The van der Waals surface area contributed by atoms with Crippen molar-refractivity contribution in [2.45, 2.75) is 27.2 Å². The van der Waals surface area contributed by atoms with E-state index >= 15 is 0 Å². The summed E-state index contributed by atoms with van der Waals surface area (Å²) in [6.45, 7) is 6.32. The second kappa shape index (κ2) is 7.02. The van der Waals surface area contributed by atoms with E-state index in [1.807, 2.05) is 32.0 Å². The van der Waals surface area contributed by atoms with Gasteiger partial charge in [-0.15, -0.1) is 0 Å². The van der Waals surface area contributed by atoms with Crippen molar-refractivity contribution in [3.8, 4) is 5.75 Å². The van der Waals surface area contributed by atoms with Crippen LogP contribution in [0, 0.1) is 11.8 Å². The highest BCUT2D eigenvalue weighted by atomic mass is 16.5. The van der Waals surface area contributed by atoms with Crippen LogP contribution in [0.25, 0.3) is 0 Å². The molecule has 1 aromatic rings. The van der Waals surface area contributed by atoms with Crippen LogP contribution in [0.1, 0.15) is 26.3 Å². The molecular formula is C15H23NO3. The first-order valence-electron chi connectivity index (χ1n) is 6.63. The Morgan fingerprint density at radius 1 is 1.42 bits per heavy atom. The average Bonchev–Trinajstić information content (AvgIpc) is 2.37. The van der Waals surface area contributed by atoms with E-state index in [2.05, 4.69) is 12.2 Å². The Hall–Kier alpha value is -1.71. The molecule has 4 heteroatoms. The number of carboxylic acids is 1. The highest BCUT2D eigenvalue weighted by Crippen LogP contribution is 2.26. The lowest BCUT2D eigenvalue weighted by Crippen LogP contribution is -2.27. The summed E-state index contributed by atoms with van der Waals surface area (Å²) in [5.74, 6) is -0.349. The highest BCUT2D eigenvalue weighted by molar-refractivity contribution is 5.71. The minimum Gasteiger partial charge on any atom is -0.495 e. The maximum Gasteiger partial charge on any atom is 0.308 e. The van der Waals surface area contributed by atoms with Crippen molar-refractivity contribution in [2.75, 3.05) is 19.0 Å². The SMILES string of the molecule is CCc1ccc(OC)c(NCC(C(=O)O)C(C)C)c1. The summed E-state index contributed by atoms with van der Waals surface area (Å²) in [5.41, 5.74) is 2.05. The van der Waals surface area contributed by atoms with Gasteiger partial charge < -0.3 is 15.2 Å². The monoisotopic (exact) mass is 265 g/mol. The summed E-state index contributed by atoms with van der Waals surface area (Å²) in [4.78, 5) is 11.2. The second-order valence-electron chi connectivity index (χ2n) is 4.96. The Labute approximate surface area is 114 Å². The van der Waals surface area contributed by atoms with Crippen LogP contribution in [0.15, 0.2) is 18.2 Å². The van der Waals surface area contributed by atoms with E-state index in [-0.39, 0.29) is 5.92 Å². The Morgan fingerprint density at radius 2 is 2.11 bits per heavy atom. The Balaban J connectivity index is 2.83. The van der Waals surface area contributed by atoms with E-state index in [1.165, 1.54) is 5.56 Å². The molecule has 0 heterocycles. The Bertz CT molecular complexity index is 429. The van der Waals surface area contributed by atoms with Crippen molar-refractivity contribution in [3.63, 3.8) is 0 Å². The second-order valence-corrected chi connectivity index (χ2v) is 4.96. The van der Waals surface area contributed by atoms with Crippen molar-refractivity contribution >= 4 is 11.7 Å². The molecule has 1 unspecified atom stereocenters. The summed E-state index contributed by atoms with van der Waals surface area (Å²) in [7, 11) is 1.61. The van der Waals surface area contributed by atoms with Gasteiger partial charge in [-0.1, -0.05) is 26.8 Å². The number of methoxy groups -OCH3 is 1. The fraction of sp³-hybridized carbons (Fsp3) is 0.533. The van der Waals surface area contributed by atoms with Crippen LogP contribution in [-0.4, -0.2) is 24.7 Å². The lowest BCUT2D eigenvalue weighted by atomic mass is 9.96. The predicted molar refractivity (Wildman–Crippen MR) is 76.8 cm³/mol. The normalized spacial score (nSPS) is 12.3. The van der Waals surface area contributed by atoms with Crippen molar-refractivity contribution < 1.29 is 14.6 Å². The third-order valence-electron chi connectivity index (χ3n) is 3.31. The molecule has 0 saturated carbocycles. The fourth-order valence-electron chi connectivity index (χ4n) is 1.94. The summed E-state index contributed by atoms with van der Waals surface area (Å²) in [5, 5.41) is 12.4. The van der Waals surface area contributed by atoms with E-state index in [0.29, 0.717) is 6.54 Å². The number of carbonyl (C=O) groups is 1. The van der Waals surface area contributed by atoms with E-state index in [1.54, 1.807) is 7.11 Å². The zero-order valence-corrected chi connectivity index (χ0v) is 12.1. The van der Waals surface area contributed by atoms with Crippen molar-refractivity contribution in [2.24, 2.45) is 11.8 Å². The smallest absolute Gasteiger partial charge is 0.308 e. The fourth-order valence-corrected chi connectivity index (χ4v) is 1.94. The lowest BCUT2D eigenvalue weighted by molar-refractivity contribution is -0.142. The summed E-state index contributed by atoms with van der Waals surface area (Å²) < 4.78 is 5.29. The van der Waals surface area contributed by atoms with Crippen molar-refractivity contribution in [1.82, 2.24) is 0 Å². The molecule has 1 aromatic carbocycles. The van der Waals surface area contributed by atoms with Gasteiger partial charge in [0.25, 0.3) is 0 Å². The molecule has 0 saturated heterocycles. The molecule has 106 valence electrons. The molecule has 0 fully saturated rings. The quantitative estimate of drug-likeness (QED) is 0.795. The van der Waals surface area contributed by atoms with Crippen LogP contribution in [0.2, 0.25) is 0 Å². The molecule has 0 spiro atoms. The molecule has 0 bridgehead atoms. The standard InChI is InChI=1S/C15H23NO3/c1-5-11-6-7-14(19-4)13(8-11)16-9-12(10(2)3)15(17)18/h6-8,10,12,16H,5,9H2,1-4H3,(H,17,18). The molecule has 0 amide bonds. The number of hydrogen-bond donors (Lipinski definition) is 2.